The number of rotatable bonds is 11. The van der Waals surface area contributed by atoms with Gasteiger partial charge in [-0.2, -0.15) is 0 Å². The minimum Gasteiger partial charge on any atom is -0.397 e. The third-order valence-corrected chi connectivity index (χ3v) is 5.24. The molecular weight excluding hydrogens is 356 g/mol. The van der Waals surface area contributed by atoms with E-state index in [4.69, 9.17) is 5.73 Å². The number of unbranched alkanes of at least 4 members (excludes halogenated alkanes) is 3. The highest BCUT2D eigenvalue weighted by atomic mass is 32.2. The molecule has 144 valence electrons. The molecule has 4 nitrogen and oxygen atoms in total. The van der Waals surface area contributed by atoms with E-state index in [1.807, 2.05) is 36.4 Å². The van der Waals surface area contributed by atoms with Gasteiger partial charge in [-0.3, -0.25) is 9.59 Å². The van der Waals surface area contributed by atoms with Crippen LogP contribution in [0.4, 0.5) is 11.4 Å². The standard InChI is InChI=1S/C22H28N2O2S/c1-2-27-21-15-10-7-11-17(21)20(25)14-5-3-4-6-16-22(26)24-19-13-9-8-12-18(19)23/h7-13,15H,2-6,14,16,23H2,1H3,(H,24,26). The molecule has 2 aromatic rings. The average molecular weight is 385 g/mol. The molecule has 0 radical (unpaired) electrons. The topological polar surface area (TPSA) is 72.2 Å². The molecular formula is C22H28N2O2S. The van der Waals surface area contributed by atoms with Gasteiger partial charge >= 0.3 is 0 Å². The van der Waals surface area contributed by atoms with Crippen LogP contribution in [0.25, 0.3) is 0 Å². The zero-order valence-electron chi connectivity index (χ0n) is 15.9. The highest BCUT2D eigenvalue weighted by molar-refractivity contribution is 7.99. The van der Waals surface area contributed by atoms with Gasteiger partial charge < -0.3 is 11.1 Å². The number of carbonyl (C=O) groups excluding carboxylic acids is 2. The largest absolute Gasteiger partial charge is 0.397 e. The molecule has 0 aromatic heterocycles. The summed E-state index contributed by atoms with van der Waals surface area (Å²) < 4.78 is 0. The first-order valence-electron chi connectivity index (χ1n) is 9.51. The van der Waals surface area contributed by atoms with Crippen molar-refractivity contribution in [2.24, 2.45) is 0 Å². The van der Waals surface area contributed by atoms with Crippen LogP contribution in [0.2, 0.25) is 0 Å². The predicted molar refractivity (Wildman–Crippen MR) is 114 cm³/mol. The minimum absolute atomic E-state index is 0.0190. The third kappa shape index (κ3) is 7.10. The molecule has 2 rings (SSSR count). The van der Waals surface area contributed by atoms with Gasteiger partial charge in [-0.25, -0.2) is 0 Å². The van der Waals surface area contributed by atoms with Gasteiger partial charge in [-0.1, -0.05) is 50.1 Å². The summed E-state index contributed by atoms with van der Waals surface area (Å²) in [5.74, 6) is 1.15. The van der Waals surface area contributed by atoms with E-state index in [2.05, 4.69) is 12.2 Å². The lowest BCUT2D eigenvalue weighted by atomic mass is 10.0. The van der Waals surface area contributed by atoms with E-state index in [-0.39, 0.29) is 11.7 Å². The lowest BCUT2D eigenvalue weighted by Gasteiger charge is -2.08. The summed E-state index contributed by atoms with van der Waals surface area (Å²) in [7, 11) is 0. The Morgan fingerprint density at radius 2 is 1.59 bits per heavy atom. The molecule has 0 unspecified atom stereocenters. The first-order valence-corrected chi connectivity index (χ1v) is 10.5. The maximum Gasteiger partial charge on any atom is 0.224 e. The highest BCUT2D eigenvalue weighted by Crippen LogP contribution is 2.24. The quantitative estimate of drug-likeness (QED) is 0.231. The summed E-state index contributed by atoms with van der Waals surface area (Å²) in [6.07, 6.45) is 4.60. The van der Waals surface area contributed by atoms with Crippen molar-refractivity contribution in [1.29, 1.82) is 0 Å². The van der Waals surface area contributed by atoms with Crippen molar-refractivity contribution in [2.75, 3.05) is 16.8 Å². The van der Waals surface area contributed by atoms with Gasteiger partial charge in [0.15, 0.2) is 5.78 Å². The van der Waals surface area contributed by atoms with E-state index in [0.29, 0.717) is 24.2 Å². The first kappa shape index (κ1) is 21.0. The number of ketones is 1. The van der Waals surface area contributed by atoms with Crippen LogP contribution in [-0.4, -0.2) is 17.4 Å². The summed E-state index contributed by atoms with van der Waals surface area (Å²) in [5.41, 5.74) is 7.90. The second-order valence-electron chi connectivity index (χ2n) is 6.40. The summed E-state index contributed by atoms with van der Waals surface area (Å²) in [6, 6.07) is 15.1. The Kier molecular flexibility index (Phi) is 8.92. The van der Waals surface area contributed by atoms with Gasteiger partial charge in [0.1, 0.15) is 0 Å². The molecule has 0 aliphatic carbocycles. The summed E-state index contributed by atoms with van der Waals surface area (Å²) in [6.45, 7) is 2.09. The van der Waals surface area contributed by atoms with Gasteiger partial charge in [-0.15, -0.1) is 11.8 Å². The predicted octanol–water partition coefficient (Wildman–Crippen LogP) is 5.54. The van der Waals surface area contributed by atoms with Crippen LogP contribution in [0.5, 0.6) is 0 Å². The third-order valence-electron chi connectivity index (χ3n) is 4.28. The van der Waals surface area contributed by atoms with Crippen molar-refractivity contribution in [1.82, 2.24) is 0 Å². The van der Waals surface area contributed by atoms with Crippen molar-refractivity contribution in [2.45, 2.75) is 50.3 Å². The fourth-order valence-corrected chi connectivity index (χ4v) is 3.68. The van der Waals surface area contributed by atoms with E-state index in [1.165, 1.54) is 0 Å². The number of nitrogens with one attached hydrogen (secondary N) is 1. The number of hydrogen-bond acceptors (Lipinski definition) is 4. The molecule has 5 heteroatoms. The van der Waals surface area contributed by atoms with Crippen LogP contribution in [0.3, 0.4) is 0 Å². The molecule has 0 bridgehead atoms. The number of nitrogen functional groups attached to an aromatic ring is 1. The molecule has 0 atom stereocenters. The van der Waals surface area contributed by atoms with E-state index in [1.54, 1.807) is 23.9 Å². The number of nitrogens with two attached hydrogens (primary N) is 1. The maximum atomic E-state index is 12.4. The molecule has 0 aliphatic rings. The number of carbonyl (C=O) groups is 2. The molecule has 3 N–H and O–H groups in total. The van der Waals surface area contributed by atoms with E-state index in [0.717, 1.165) is 41.9 Å². The van der Waals surface area contributed by atoms with Crippen LogP contribution in [0.1, 0.15) is 55.8 Å². The van der Waals surface area contributed by atoms with Crippen molar-refractivity contribution < 1.29 is 9.59 Å². The second-order valence-corrected chi connectivity index (χ2v) is 7.71. The van der Waals surface area contributed by atoms with Crippen LogP contribution < -0.4 is 11.1 Å². The van der Waals surface area contributed by atoms with Crippen molar-refractivity contribution in [3.05, 3.63) is 54.1 Å². The number of para-hydroxylation sites is 2. The molecule has 0 fully saturated rings. The molecule has 0 spiro atoms. The zero-order valence-corrected chi connectivity index (χ0v) is 16.7. The van der Waals surface area contributed by atoms with Crippen LogP contribution in [0, 0.1) is 0 Å². The van der Waals surface area contributed by atoms with Gasteiger partial charge in [0.05, 0.1) is 11.4 Å². The van der Waals surface area contributed by atoms with E-state index in [9.17, 15) is 9.59 Å². The minimum atomic E-state index is -0.0190. The van der Waals surface area contributed by atoms with Crippen LogP contribution >= 0.6 is 11.8 Å². The number of Topliss-reactive ketones (excluding diaryl/α,β-unsaturated/α-hetero) is 1. The molecule has 0 saturated carbocycles. The fourth-order valence-electron chi connectivity index (χ4n) is 2.86. The first-order chi connectivity index (χ1) is 13.1. The molecule has 0 heterocycles. The number of amides is 1. The molecule has 0 aliphatic heterocycles. The monoisotopic (exact) mass is 384 g/mol. The van der Waals surface area contributed by atoms with Crippen molar-refractivity contribution >= 4 is 34.8 Å². The van der Waals surface area contributed by atoms with Gasteiger partial charge in [0.2, 0.25) is 5.91 Å². The van der Waals surface area contributed by atoms with Crippen LogP contribution in [-0.2, 0) is 4.79 Å². The Morgan fingerprint density at radius 1 is 0.926 bits per heavy atom. The summed E-state index contributed by atoms with van der Waals surface area (Å²) in [4.78, 5) is 25.5. The Balaban J connectivity index is 1.64. The van der Waals surface area contributed by atoms with Crippen molar-refractivity contribution in [3.63, 3.8) is 0 Å². The SMILES string of the molecule is CCSc1ccccc1C(=O)CCCCCCC(=O)Nc1ccccc1N. The lowest BCUT2D eigenvalue weighted by molar-refractivity contribution is -0.116. The van der Waals surface area contributed by atoms with Gasteiger partial charge in [-0.05, 0) is 36.8 Å². The molecule has 27 heavy (non-hydrogen) atoms. The second kappa shape index (κ2) is 11.4. The normalized spacial score (nSPS) is 10.6. The number of anilines is 2. The Hall–Kier alpha value is -2.27. The zero-order chi connectivity index (χ0) is 19.5. The van der Waals surface area contributed by atoms with Crippen molar-refractivity contribution in [3.8, 4) is 0 Å². The Bertz CT molecular complexity index is 761. The molecule has 2 aromatic carbocycles. The average Bonchev–Trinajstić information content (AvgIpc) is 2.67. The Labute approximate surface area is 165 Å². The van der Waals surface area contributed by atoms with E-state index < -0.39 is 0 Å². The smallest absolute Gasteiger partial charge is 0.224 e. The highest BCUT2D eigenvalue weighted by Gasteiger charge is 2.10. The number of thioether (sulfide) groups is 1. The molecule has 0 saturated heterocycles. The number of benzene rings is 2. The van der Waals surface area contributed by atoms with Gasteiger partial charge in [0.25, 0.3) is 0 Å². The summed E-state index contributed by atoms with van der Waals surface area (Å²) in [5, 5.41) is 2.84. The number of hydrogen-bond donors (Lipinski definition) is 2. The fraction of sp³-hybridized carbons (Fsp3) is 0.364. The van der Waals surface area contributed by atoms with Crippen LogP contribution in [0.15, 0.2) is 53.4 Å². The lowest BCUT2D eigenvalue weighted by Crippen LogP contribution is -2.12. The van der Waals surface area contributed by atoms with E-state index >= 15 is 0 Å². The summed E-state index contributed by atoms with van der Waals surface area (Å²) >= 11 is 1.71. The maximum absolute atomic E-state index is 12.4. The molecule has 1 amide bonds. The Morgan fingerprint density at radius 3 is 2.33 bits per heavy atom. The van der Waals surface area contributed by atoms with Gasteiger partial charge in [0, 0.05) is 23.3 Å².